The Morgan fingerprint density at radius 3 is 2.74 bits per heavy atom. The molecular weight excluding hydrogens is 292 g/mol. The normalized spacial score (nSPS) is 17.7. The van der Waals surface area contributed by atoms with Gasteiger partial charge in [0.05, 0.1) is 12.6 Å². The lowest BCUT2D eigenvalue weighted by molar-refractivity contribution is -0.122. The molecule has 1 saturated heterocycles. The Bertz CT molecular complexity index is 482. The van der Waals surface area contributed by atoms with Gasteiger partial charge in [-0.15, -0.1) is 0 Å². The van der Waals surface area contributed by atoms with Crippen LogP contribution in [0.1, 0.15) is 32.3 Å². The summed E-state index contributed by atoms with van der Waals surface area (Å²) < 4.78 is 11.3. The van der Waals surface area contributed by atoms with Gasteiger partial charge in [0.25, 0.3) is 0 Å². The maximum Gasteiger partial charge on any atom is 0.234 e. The van der Waals surface area contributed by atoms with E-state index < -0.39 is 0 Å². The third-order valence-corrected chi connectivity index (χ3v) is 4.15. The Kier molecular flexibility index (Phi) is 6.86. The van der Waals surface area contributed by atoms with Crippen LogP contribution in [0.4, 0.5) is 0 Å². The molecule has 1 amide bonds. The highest BCUT2D eigenvalue weighted by Gasteiger charge is 2.15. The number of carbonyl (C=O) groups is 1. The largest absolute Gasteiger partial charge is 0.491 e. The second-order valence-corrected chi connectivity index (χ2v) is 6.38. The molecule has 1 fully saturated rings. The van der Waals surface area contributed by atoms with Crippen molar-refractivity contribution < 1.29 is 14.3 Å². The minimum atomic E-state index is 0.0416. The van der Waals surface area contributed by atoms with Gasteiger partial charge in [-0.1, -0.05) is 12.1 Å². The SMILES string of the molecule is CC(C)N(C)CC(=O)NCc1ccc(OC[C@@H]2CCCO2)cc1. The first-order valence-electron chi connectivity index (χ1n) is 8.35. The summed E-state index contributed by atoms with van der Waals surface area (Å²) in [6.45, 7) is 6.55. The van der Waals surface area contributed by atoms with Gasteiger partial charge < -0.3 is 14.8 Å². The van der Waals surface area contributed by atoms with Crippen LogP contribution < -0.4 is 10.1 Å². The molecule has 1 aliphatic heterocycles. The molecule has 23 heavy (non-hydrogen) atoms. The Morgan fingerprint density at radius 2 is 2.13 bits per heavy atom. The first kappa shape index (κ1) is 17.8. The number of hydrogen-bond donors (Lipinski definition) is 1. The summed E-state index contributed by atoms with van der Waals surface area (Å²) in [4.78, 5) is 13.9. The van der Waals surface area contributed by atoms with Crippen molar-refractivity contribution in [2.75, 3.05) is 26.8 Å². The monoisotopic (exact) mass is 320 g/mol. The average molecular weight is 320 g/mol. The van der Waals surface area contributed by atoms with Crippen LogP contribution in [0.5, 0.6) is 5.75 Å². The summed E-state index contributed by atoms with van der Waals surface area (Å²) in [6.07, 6.45) is 2.43. The van der Waals surface area contributed by atoms with Crippen LogP contribution in [-0.4, -0.2) is 49.8 Å². The molecule has 1 aliphatic rings. The highest BCUT2D eigenvalue weighted by Crippen LogP contribution is 2.16. The van der Waals surface area contributed by atoms with Gasteiger partial charge in [-0.2, -0.15) is 0 Å². The number of amides is 1. The fourth-order valence-corrected chi connectivity index (χ4v) is 2.33. The van der Waals surface area contributed by atoms with Gasteiger partial charge in [-0.05, 0) is 51.4 Å². The second-order valence-electron chi connectivity index (χ2n) is 6.38. The van der Waals surface area contributed by atoms with Crippen molar-refractivity contribution in [2.45, 2.75) is 45.4 Å². The topological polar surface area (TPSA) is 50.8 Å². The maximum atomic E-state index is 11.9. The Hall–Kier alpha value is -1.59. The van der Waals surface area contributed by atoms with E-state index in [-0.39, 0.29) is 12.0 Å². The zero-order valence-electron chi connectivity index (χ0n) is 14.4. The van der Waals surface area contributed by atoms with E-state index in [0.29, 0.717) is 25.7 Å². The Labute approximate surface area is 139 Å². The molecule has 0 saturated carbocycles. The van der Waals surface area contributed by atoms with E-state index in [9.17, 15) is 4.79 Å². The summed E-state index contributed by atoms with van der Waals surface area (Å²) >= 11 is 0. The summed E-state index contributed by atoms with van der Waals surface area (Å²) in [6, 6.07) is 8.21. The van der Waals surface area contributed by atoms with Gasteiger partial charge in [0.2, 0.25) is 5.91 Å². The minimum Gasteiger partial charge on any atom is -0.491 e. The molecule has 1 aromatic rings. The lowest BCUT2D eigenvalue weighted by atomic mass is 10.2. The van der Waals surface area contributed by atoms with Gasteiger partial charge in [0.1, 0.15) is 12.4 Å². The number of likely N-dealkylation sites (N-methyl/N-ethyl adjacent to an activating group) is 1. The molecule has 0 spiro atoms. The van der Waals surface area contributed by atoms with Crippen LogP contribution >= 0.6 is 0 Å². The zero-order valence-corrected chi connectivity index (χ0v) is 14.4. The predicted octanol–water partition coefficient (Wildman–Crippen LogP) is 2.20. The van der Waals surface area contributed by atoms with Crippen molar-refractivity contribution in [3.8, 4) is 5.75 Å². The third-order valence-electron chi connectivity index (χ3n) is 4.15. The van der Waals surface area contributed by atoms with E-state index >= 15 is 0 Å². The zero-order chi connectivity index (χ0) is 16.7. The maximum absolute atomic E-state index is 11.9. The summed E-state index contributed by atoms with van der Waals surface area (Å²) in [7, 11) is 1.95. The van der Waals surface area contributed by atoms with Crippen molar-refractivity contribution in [3.63, 3.8) is 0 Å². The number of rotatable bonds is 8. The third kappa shape index (κ3) is 6.20. The average Bonchev–Trinajstić information content (AvgIpc) is 3.05. The molecule has 0 aliphatic carbocycles. The molecule has 1 atom stereocenters. The molecule has 0 bridgehead atoms. The summed E-state index contributed by atoms with van der Waals surface area (Å²) in [5, 5.41) is 2.94. The molecular formula is C18H28N2O3. The Balaban J connectivity index is 1.70. The first-order chi connectivity index (χ1) is 11.0. The number of benzene rings is 1. The standard InChI is InChI=1S/C18H28N2O3/c1-14(2)20(3)12-18(21)19-11-15-6-8-16(9-7-15)23-13-17-5-4-10-22-17/h6-9,14,17H,4-5,10-13H2,1-3H3,(H,19,21)/t17-/m0/s1. The van der Waals surface area contributed by atoms with E-state index in [1.54, 1.807) is 0 Å². The fraction of sp³-hybridized carbons (Fsp3) is 0.611. The van der Waals surface area contributed by atoms with Crippen LogP contribution in [-0.2, 0) is 16.1 Å². The van der Waals surface area contributed by atoms with Crippen molar-refractivity contribution in [2.24, 2.45) is 0 Å². The molecule has 0 unspecified atom stereocenters. The molecule has 128 valence electrons. The molecule has 5 nitrogen and oxygen atoms in total. The minimum absolute atomic E-state index is 0.0416. The van der Waals surface area contributed by atoms with Gasteiger partial charge in [0, 0.05) is 19.2 Å². The quantitative estimate of drug-likeness (QED) is 0.798. The van der Waals surface area contributed by atoms with E-state index in [2.05, 4.69) is 19.2 Å². The van der Waals surface area contributed by atoms with Crippen molar-refractivity contribution in [1.82, 2.24) is 10.2 Å². The molecule has 0 radical (unpaired) electrons. The molecule has 0 aromatic heterocycles. The number of carbonyl (C=O) groups excluding carboxylic acids is 1. The smallest absolute Gasteiger partial charge is 0.234 e. The Morgan fingerprint density at radius 1 is 1.39 bits per heavy atom. The van der Waals surface area contributed by atoms with Gasteiger partial charge in [-0.25, -0.2) is 0 Å². The molecule has 1 aromatic carbocycles. The van der Waals surface area contributed by atoms with E-state index in [1.165, 1.54) is 0 Å². The number of nitrogens with zero attached hydrogens (tertiary/aromatic N) is 1. The van der Waals surface area contributed by atoms with Gasteiger partial charge in [-0.3, -0.25) is 9.69 Å². The lowest BCUT2D eigenvalue weighted by Gasteiger charge is -2.20. The molecule has 2 rings (SSSR count). The van der Waals surface area contributed by atoms with Crippen LogP contribution in [0.15, 0.2) is 24.3 Å². The van der Waals surface area contributed by atoms with Crippen LogP contribution in [0.2, 0.25) is 0 Å². The fourth-order valence-electron chi connectivity index (χ4n) is 2.33. The van der Waals surface area contributed by atoms with Gasteiger partial charge >= 0.3 is 0 Å². The van der Waals surface area contributed by atoms with Crippen LogP contribution in [0.25, 0.3) is 0 Å². The molecule has 1 N–H and O–H groups in total. The van der Waals surface area contributed by atoms with E-state index in [0.717, 1.165) is 30.8 Å². The van der Waals surface area contributed by atoms with Crippen LogP contribution in [0.3, 0.4) is 0 Å². The lowest BCUT2D eigenvalue weighted by Crippen LogP contribution is -2.38. The van der Waals surface area contributed by atoms with Gasteiger partial charge in [0.15, 0.2) is 0 Å². The predicted molar refractivity (Wildman–Crippen MR) is 90.5 cm³/mol. The van der Waals surface area contributed by atoms with Crippen molar-refractivity contribution >= 4 is 5.91 Å². The highest BCUT2D eigenvalue weighted by molar-refractivity contribution is 5.78. The highest BCUT2D eigenvalue weighted by atomic mass is 16.5. The van der Waals surface area contributed by atoms with Crippen LogP contribution in [0, 0.1) is 0 Å². The second kappa shape index (κ2) is 8.89. The first-order valence-corrected chi connectivity index (χ1v) is 8.35. The summed E-state index contributed by atoms with van der Waals surface area (Å²) in [5.41, 5.74) is 1.06. The van der Waals surface area contributed by atoms with E-state index in [4.69, 9.17) is 9.47 Å². The number of hydrogen-bond acceptors (Lipinski definition) is 4. The number of ether oxygens (including phenoxy) is 2. The molecule has 5 heteroatoms. The summed E-state index contributed by atoms with van der Waals surface area (Å²) in [5.74, 6) is 0.884. The van der Waals surface area contributed by atoms with Crippen molar-refractivity contribution in [1.29, 1.82) is 0 Å². The number of nitrogens with one attached hydrogen (secondary N) is 1. The molecule has 1 heterocycles. The van der Waals surface area contributed by atoms with Crippen molar-refractivity contribution in [3.05, 3.63) is 29.8 Å². The van der Waals surface area contributed by atoms with E-state index in [1.807, 2.05) is 36.2 Å².